The number of methoxy groups -OCH3 is 1. The van der Waals surface area contributed by atoms with Gasteiger partial charge in [-0.05, 0) is 61.1 Å². The molecule has 2 aromatic rings. The van der Waals surface area contributed by atoms with Gasteiger partial charge >= 0.3 is 0 Å². The van der Waals surface area contributed by atoms with E-state index < -0.39 is 10.0 Å². The highest BCUT2D eigenvalue weighted by atomic mass is 32.2. The van der Waals surface area contributed by atoms with Gasteiger partial charge in [0.15, 0.2) is 0 Å². The second kappa shape index (κ2) is 10.3. The molecule has 1 N–H and O–H groups in total. The van der Waals surface area contributed by atoms with Gasteiger partial charge in [-0.25, -0.2) is 8.42 Å². The van der Waals surface area contributed by atoms with E-state index in [2.05, 4.69) is 25.2 Å². The second-order valence-electron chi connectivity index (χ2n) is 8.41. The van der Waals surface area contributed by atoms with Crippen LogP contribution in [0.4, 0.5) is 0 Å². The van der Waals surface area contributed by atoms with Crippen LogP contribution in [0.15, 0.2) is 36.4 Å². The first-order chi connectivity index (χ1) is 14.4. The average Bonchev–Trinajstić information content (AvgIpc) is 2.67. The molecular weight excluding hydrogens is 412 g/mol. The minimum Gasteiger partial charge on any atom is -0.496 e. The number of sulfonamides is 1. The Kier molecular flexibility index (Phi) is 8.26. The number of rotatable bonds is 9. The molecule has 170 valence electrons. The van der Waals surface area contributed by atoms with Crippen LogP contribution < -0.4 is 10.1 Å². The maximum absolute atomic E-state index is 12.7. The Morgan fingerprint density at radius 1 is 1.06 bits per heavy atom. The Balaban J connectivity index is 2.17. The van der Waals surface area contributed by atoms with Crippen LogP contribution in [0.3, 0.4) is 0 Å². The van der Waals surface area contributed by atoms with Crippen LogP contribution in [0.1, 0.15) is 60.5 Å². The minimum absolute atomic E-state index is 0.153. The number of aryl methyl sites for hydroxylation is 2. The number of benzene rings is 2. The molecule has 0 fully saturated rings. The van der Waals surface area contributed by atoms with Crippen molar-refractivity contribution < 1.29 is 17.9 Å². The predicted octanol–water partition coefficient (Wildman–Crippen LogP) is 4.07. The summed E-state index contributed by atoms with van der Waals surface area (Å²) in [4.78, 5) is 12.7. The van der Waals surface area contributed by atoms with Gasteiger partial charge in [0.2, 0.25) is 15.9 Å². The third-order valence-corrected chi connectivity index (χ3v) is 6.55. The van der Waals surface area contributed by atoms with Crippen LogP contribution in [0, 0.1) is 13.8 Å². The van der Waals surface area contributed by atoms with Gasteiger partial charge in [0.25, 0.3) is 0 Å². The summed E-state index contributed by atoms with van der Waals surface area (Å²) in [5, 5.41) is 2.95. The van der Waals surface area contributed by atoms with Crippen LogP contribution in [0.5, 0.6) is 5.75 Å². The van der Waals surface area contributed by atoms with Crippen LogP contribution >= 0.6 is 0 Å². The van der Waals surface area contributed by atoms with E-state index in [9.17, 15) is 13.2 Å². The first-order valence-corrected chi connectivity index (χ1v) is 12.3. The number of hydrogen-bond donors (Lipinski definition) is 1. The van der Waals surface area contributed by atoms with Crippen molar-refractivity contribution in [3.63, 3.8) is 0 Å². The number of nitrogens with one attached hydrogen (secondary N) is 1. The summed E-state index contributed by atoms with van der Waals surface area (Å²) >= 11 is 0. The molecule has 0 saturated carbocycles. The maximum atomic E-state index is 12.7. The SMILES string of the molecule is COc1cc(C)c(C(C)NC(=O)CN(Cc2ccc(C)cc2)S(C)(=O)=O)cc1C(C)C. The zero-order valence-electron chi connectivity index (χ0n) is 19.5. The van der Waals surface area contributed by atoms with Gasteiger partial charge in [0.05, 0.1) is 26.0 Å². The molecule has 0 aliphatic heterocycles. The Morgan fingerprint density at radius 2 is 1.68 bits per heavy atom. The Bertz CT molecular complexity index is 1010. The lowest BCUT2D eigenvalue weighted by atomic mass is 9.93. The predicted molar refractivity (Wildman–Crippen MR) is 125 cm³/mol. The lowest BCUT2D eigenvalue weighted by Crippen LogP contribution is -2.40. The molecule has 0 bridgehead atoms. The summed E-state index contributed by atoms with van der Waals surface area (Å²) in [5.74, 6) is 0.759. The summed E-state index contributed by atoms with van der Waals surface area (Å²) in [6.07, 6.45) is 1.13. The number of nitrogens with zero attached hydrogens (tertiary/aromatic N) is 1. The van der Waals surface area contributed by atoms with Crippen molar-refractivity contribution in [2.24, 2.45) is 0 Å². The molecule has 0 spiro atoms. The second-order valence-corrected chi connectivity index (χ2v) is 10.4. The van der Waals surface area contributed by atoms with Crippen LogP contribution in [0.25, 0.3) is 0 Å². The fourth-order valence-electron chi connectivity index (χ4n) is 3.52. The molecule has 7 heteroatoms. The van der Waals surface area contributed by atoms with Crippen molar-refractivity contribution >= 4 is 15.9 Å². The molecule has 2 aromatic carbocycles. The summed E-state index contributed by atoms with van der Waals surface area (Å²) in [6.45, 7) is 9.96. The van der Waals surface area contributed by atoms with E-state index in [1.54, 1.807) is 7.11 Å². The van der Waals surface area contributed by atoms with E-state index in [0.717, 1.165) is 39.8 Å². The number of amides is 1. The highest BCUT2D eigenvalue weighted by Gasteiger charge is 2.23. The Morgan fingerprint density at radius 3 is 2.19 bits per heavy atom. The van der Waals surface area contributed by atoms with Crippen LogP contribution in [0.2, 0.25) is 0 Å². The highest BCUT2D eigenvalue weighted by molar-refractivity contribution is 7.88. The largest absolute Gasteiger partial charge is 0.496 e. The van der Waals surface area contributed by atoms with Gasteiger partial charge < -0.3 is 10.1 Å². The van der Waals surface area contributed by atoms with Gasteiger partial charge in [-0.1, -0.05) is 43.7 Å². The number of carbonyl (C=O) groups excluding carboxylic acids is 1. The average molecular weight is 447 g/mol. The lowest BCUT2D eigenvalue weighted by Gasteiger charge is -2.23. The number of carbonyl (C=O) groups is 1. The van der Waals surface area contributed by atoms with Crippen molar-refractivity contribution in [3.05, 3.63) is 64.2 Å². The topological polar surface area (TPSA) is 75.7 Å². The van der Waals surface area contributed by atoms with Crippen molar-refractivity contribution in [2.75, 3.05) is 19.9 Å². The lowest BCUT2D eigenvalue weighted by molar-refractivity contribution is -0.122. The highest BCUT2D eigenvalue weighted by Crippen LogP contribution is 2.32. The fourth-order valence-corrected chi connectivity index (χ4v) is 4.26. The van der Waals surface area contributed by atoms with E-state index in [0.29, 0.717) is 0 Å². The van der Waals surface area contributed by atoms with Gasteiger partial charge in [-0.15, -0.1) is 0 Å². The molecule has 0 radical (unpaired) electrons. The van der Waals surface area contributed by atoms with Gasteiger partial charge in [-0.3, -0.25) is 4.79 Å². The molecular formula is C24H34N2O4S. The van der Waals surface area contributed by atoms with Gasteiger partial charge in [0.1, 0.15) is 5.75 Å². The molecule has 2 rings (SSSR count). The zero-order chi connectivity index (χ0) is 23.3. The fraction of sp³-hybridized carbons (Fsp3) is 0.458. The van der Waals surface area contributed by atoms with E-state index in [1.807, 2.05) is 51.1 Å². The molecule has 0 aliphatic carbocycles. The van der Waals surface area contributed by atoms with Gasteiger partial charge in [-0.2, -0.15) is 4.31 Å². The zero-order valence-corrected chi connectivity index (χ0v) is 20.3. The van der Waals surface area contributed by atoms with E-state index >= 15 is 0 Å². The molecule has 0 aromatic heterocycles. The van der Waals surface area contributed by atoms with Crippen molar-refractivity contribution in [3.8, 4) is 5.75 Å². The summed E-state index contributed by atoms with van der Waals surface area (Å²) in [5.41, 5.74) is 5.00. The van der Waals surface area contributed by atoms with Crippen molar-refractivity contribution in [2.45, 2.75) is 53.1 Å². The first-order valence-electron chi connectivity index (χ1n) is 10.4. The minimum atomic E-state index is -3.55. The summed E-state index contributed by atoms with van der Waals surface area (Å²) in [7, 11) is -1.90. The molecule has 1 unspecified atom stereocenters. The summed E-state index contributed by atoms with van der Waals surface area (Å²) in [6, 6.07) is 11.4. The third kappa shape index (κ3) is 6.80. The third-order valence-electron chi connectivity index (χ3n) is 5.35. The smallest absolute Gasteiger partial charge is 0.235 e. The first kappa shape index (κ1) is 24.9. The van der Waals surface area contributed by atoms with Crippen molar-refractivity contribution in [1.29, 1.82) is 0 Å². The van der Waals surface area contributed by atoms with E-state index in [-0.39, 0.29) is 31.0 Å². The number of ether oxygens (including phenoxy) is 1. The maximum Gasteiger partial charge on any atom is 0.235 e. The quantitative estimate of drug-likeness (QED) is 0.630. The van der Waals surface area contributed by atoms with E-state index in [4.69, 9.17) is 4.74 Å². The standard InChI is InChI=1S/C24H34N2O4S/c1-16(2)21-13-22(18(4)12-23(21)30-6)19(5)25-24(27)15-26(31(7,28)29)14-20-10-8-17(3)9-11-20/h8-13,16,19H,14-15H2,1-7H3,(H,25,27). The van der Waals surface area contributed by atoms with E-state index in [1.165, 1.54) is 4.31 Å². The molecule has 1 amide bonds. The summed E-state index contributed by atoms with van der Waals surface area (Å²) < 4.78 is 31.2. The van der Waals surface area contributed by atoms with Gasteiger partial charge in [0, 0.05) is 6.54 Å². The molecule has 31 heavy (non-hydrogen) atoms. The molecule has 0 heterocycles. The monoisotopic (exact) mass is 446 g/mol. The molecule has 1 atom stereocenters. The molecule has 6 nitrogen and oxygen atoms in total. The van der Waals surface area contributed by atoms with Crippen LogP contribution in [-0.2, 0) is 21.4 Å². The normalized spacial score (nSPS) is 12.8. The number of hydrogen-bond acceptors (Lipinski definition) is 4. The van der Waals surface area contributed by atoms with Crippen molar-refractivity contribution in [1.82, 2.24) is 9.62 Å². The Hall–Kier alpha value is -2.38. The molecule has 0 saturated heterocycles. The molecule has 0 aliphatic rings. The Labute approximate surface area is 186 Å². The van der Waals surface area contributed by atoms with Crippen LogP contribution in [-0.4, -0.2) is 38.5 Å².